The molecule has 35 heavy (non-hydrogen) atoms. The van der Waals surface area contributed by atoms with Crippen molar-refractivity contribution in [3.05, 3.63) is 54.1 Å². The van der Waals surface area contributed by atoms with Gasteiger partial charge in [-0.1, -0.05) is 38.1 Å². The molecule has 8 nitrogen and oxygen atoms in total. The Bertz CT molecular complexity index is 1170. The fourth-order valence-electron chi connectivity index (χ4n) is 4.42. The van der Waals surface area contributed by atoms with Crippen LogP contribution in [0.1, 0.15) is 38.8 Å². The Morgan fingerprint density at radius 3 is 2.51 bits per heavy atom. The lowest BCUT2D eigenvalue weighted by atomic mass is 9.89. The Kier molecular flexibility index (Phi) is 7.70. The van der Waals surface area contributed by atoms with E-state index in [9.17, 15) is 9.59 Å². The molecule has 1 aromatic heterocycles. The number of amides is 1. The molecule has 0 aliphatic carbocycles. The highest BCUT2D eigenvalue weighted by molar-refractivity contribution is 6.08. The summed E-state index contributed by atoms with van der Waals surface area (Å²) in [4.78, 5) is 33.2. The van der Waals surface area contributed by atoms with Crippen molar-refractivity contribution in [1.82, 2.24) is 9.55 Å². The van der Waals surface area contributed by atoms with Gasteiger partial charge in [0.1, 0.15) is 5.75 Å². The maximum Gasteiger partial charge on any atom is 0.321 e. The van der Waals surface area contributed by atoms with Crippen molar-refractivity contribution in [2.45, 2.75) is 33.2 Å². The number of benzene rings is 2. The van der Waals surface area contributed by atoms with Gasteiger partial charge in [-0.25, -0.2) is 4.98 Å². The van der Waals surface area contributed by atoms with Gasteiger partial charge in [0.05, 0.1) is 43.4 Å². The lowest BCUT2D eigenvalue weighted by Gasteiger charge is -2.37. The first-order valence-electron chi connectivity index (χ1n) is 12.1. The van der Waals surface area contributed by atoms with E-state index in [2.05, 4.69) is 13.8 Å². The number of esters is 1. The van der Waals surface area contributed by atoms with Crippen LogP contribution in [-0.2, 0) is 19.1 Å². The van der Waals surface area contributed by atoms with Crippen molar-refractivity contribution >= 4 is 28.9 Å². The Balaban J connectivity index is 1.81. The Morgan fingerprint density at radius 1 is 1.09 bits per heavy atom. The van der Waals surface area contributed by atoms with Gasteiger partial charge in [-0.05, 0) is 49.1 Å². The molecular weight excluding hydrogens is 446 g/mol. The Labute approximate surface area is 205 Å². The maximum atomic E-state index is 13.7. The van der Waals surface area contributed by atoms with Gasteiger partial charge in [0.2, 0.25) is 11.9 Å². The van der Waals surface area contributed by atoms with E-state index >= 15 is 0 Å². The number of anilines is 1. The molecule has 0 bridgehead atoms. The van der Waals surface area contributed by atoms with Crippen molar-refractivity contribution < 1.29 is 23.8 Å². The summed E-state index contributed by atoms with van der Waals surface area (Å²) in [5.74, 6) is -0.139. The number of para-hydroxylation sites is 2. The number of rotatable bonds is 10. The normalized spacial score (nSPS) is 17.6. The van der Waals surface area contributed by atoms with Crippen molar-refractivity contribution in [3.8, 4) is 5.75 Å². The van der Waals surface area contributed by atoms with Crippen LogP contribution in [-0.4, -0.2) is 54.9 Å². The second kappa shape index (κ2) is 10.9. The quantitative estimate of drug-likeness (QED) is 0.320. The summed E-state index contributed by atoms with van der Waals surface area (Å²) in [6, 6.07) is 14.7. The third kappa shape index (κ3) is 5.03. The summed E-state index contributed by atoms with van der Waals surface area (Å²) in [5, 5.41) is 0. The molecule has 0 N–H and O–H groups in total. The van der Waals surface area contributed by atoms with Crippen LogP contribution in [0.5, 0.6) is 5.75 Å². The minimum absolute atomic E-state index is 0.188. The lowest BCUT2D eigenvalue weighted by Crippen LogP contribution is -2.51. The van der Waals surface area contributed by atoms with E-state index in [0.29, 0.717) is 25.1 Å². The molecule has 0 unspecified atom stereocenters. The lowest BCUT2D eigenvalue weighted by molar-refractivity contribution is -0.153. The maximum absolute atomic E-state index is 13.7. The van der Waals surface area contributed by atoms with Crippen molar-refractivity contribution in [2.75, 3.05) is 38.4 Å². The van der Waals surface area contributed by atoms with Gasteiger partial charge in [-0.15, -0.1) is 0 Å². The Morgan fingerprint density at radius 2 is 1.83 bits per heavy atom. The predicted octanol–water partition coefficient (Wildman–Crippen LogP) is 4.22. The van der Waals surface area contributed by atoms with E-state index in [1.165, 1.54) is 4.90 Å². The molecule has 1 aliphatic heterocycles. The summed E-state index contributed by atoms with van der Waals surface area (Å²) < 4.78 is 18.5. The number of carbonyl (C=O) groups is 2. The molecule has 186 valence electrons. The first-order chi connectivity index (χ1) is 17.0. The van der Waals surface area contributed by atoms with E-state index in [1.54, 1.807) is 14.0 Å². The third-order valence-electron chi connectivity index (χ3n) is 6.19. The van der Waals surface area contributed by atoms with Crippen molar-refractivity contribution in [1.29, 1.82) is 0 Å². The largest absolute Gasteiger partial charge is 0.494 e. The summed E-state index contributed by atoms with van der Waals surface area (Å²) >= 11 is 0. The van der Waals surface area contributed by atoms with E-state index in [-0.39, 0.29) is 19.1 Å². The van der Waals surface area contributed by atoms with Crippen LogP contribution in [0.25, 0.3) is 11.0 Å². The number of imidazole rings is 1. The van der Waals surface area contributed by atoms with Gasteiger partial charge < -0.3 is 18.8 Å². The average Bonchev–Trinajstić information content (AvgIpc) is 3.22. The van der Waals surface area contributed by atoms with E-state index in [0.717, 1.165) is 28.8 Å². The molecule has 0 saturated heterocycles. The second-order valence-corrected chi connectivity index (χ2v) is 9.03. The highest BCUT2D eigenvalue weighted by Gasteiger charge is 2.47. The first-order valence-corrected chi connectivity index (χ1v) is 12.1. The fourth-order valence-corrected chi connectivity index (χ4v) is 4.42. The molecule has 4 rings (SSSR count). The van der Waals surface area contributed by atoms with Gasteiger partial charge in [0, 0.05) is 7.11 Å². The number of hydrogen-bond donors (Lipinski definition) is 0. The molecule has 2 aromatic carbocycles. The highest BCUT2D eigenvalue weighted by Crippen LogP contribution is 2.41. The van der Waals surface area contributed by atoms with Crippen LogP contribution in [0.2, 0.25) is 0 Å². The van der Waals surface area contributed by atoms with E-state index < -0.39 is 17.9 Å². The first kappa shape index (κ1) is 24.7. The monoisotopic (exact) mass is 479 g/mol. The summed E-state index contributed by atoms with van der Waals surface area (Å²) in [7, 11) is 1.58. The molecule has 1 amide bonds. The zero-order valence-electron chi connectivity index (χ0n) is 20.8. The van der Waals surface area contributed by atoms with Gasteiger partial charge >= 0.3 is 5.97 Å². The second-order valence-electron chi connectivity index (χ2n) is 9.03. The smallest absolute Gasteiger partial charge is 0.321 e. The van der Waals surface area contributed by atoms with Crippen LogP contribution >= 0.6 is 0 Å². The van der Waals surface area contributed by atoms with Crippen LogP contribution in [0.4, 0.5) is 5.95 Å². The third-order valence-corrected chi connectivity index (χ3v) is 6.19. The number of hydrogen-bond acceptors (Lipinski definition) is 6. The molecule has 0 radical (unpaired) electrons. The van der Waals surface area contributed by atoms with Crippen LogP contribution in [0.3, 0.4) is 0 Å². The standard InChI is InChI=1S/C27H33N3O5/c1-5-34-26(32)23-24(19-10-12-20(13-11-19)35-16-14-18(2)3)30-22-9-7-6-8-21(22)28-27(30)29(25(23)31)15-17-33-4/h6-13,18,23-24H,5,14-17H2,1-4H3/t23-,24-/m0/s1. The molecular formula is C27H33N3O5. The van der Waals surface area contributed by atoms with Crippen LogP contribution < -0.4 is 9.64 Å². The molecule has 3 aromatic rings. The predicted molar refractivity (Wildman–Crippen MR) is 134 cm³/mol. The number of nitrogens with zero attached hydrogens (tertiary/aromatic N) is 3. The van der Waals surface area contributed by atoms with Crippen molar-refractivity contribution in [2.24, 2.45) is 11.8 Å². The Hall–Kier alpha value is -3.39. The minimum atomic E-state index is -1.05. The molecule has 2 heterocycles. The van der Waals surface area contributed by atoms with E-state index in [4.69, 9.17) is 19.2 Å². The van der Waals surface area contributed by atoms with Gasteiger partial charge in [0.15, 0.2) is 5.92 Å². The minimum Gasteiger partial charge on any atom is -0.494 e. The van der Waals surface area contributed by atoms with Gasteiger partial charge in [-0.3, -0.25) is 14.5 Å². The topological polar surface area (TPSA) is 82.9 Å². The van der Waals surface area contributed by atoms with Gasteiger partial charge in [-0.2, -0.15) is 0 Å². The summed E-state index contributed by atoms with van der Waals surface area (Å²) in [6.07, 6.45) is 0.964. The summed E-state index contributed by atoms with van der Waals surface area (Å²) in [5.41, 5.74) is 2.40. The van der Waals surface area contributed by atoms with Crippen LogP contribution in [0.15, 0.2) is 48.5 Å². The fraction of sp³-hybridized carbons (Fsp3) is 0.444. The number of methoxy groups -OCH3 is 1. The zero-order chi connectivity index (χ0) is 24.9. The highest BCUT2D eigenvalue weighted by atomic mass is 16.5. The molecule has 0 spiro atoms. The number of carbonyl (C=O) groups excluding carboxylic acids is 2. The number of fused-ring (bicyclic) bond motifs is 3. The average molecular weight is 480 g/mol. The van der Waals surface area contributed by atoms with Crippen molar-refractivity contribution in [3.63, 3.8) is 0 Å². The summed E-state index contributed by atoms with van der Waals surface area (Å²) in [6.45, 7) is 7.48. The van der Waals surface area contributed by atoms with E-state index in [1.807, 2.05) is 53.1 Å². The molecule has 0 fully saturated rings. The molecule has 0 saturated carbocycles. The van der Waals surface area contributed by atoms with Crippen LogP contribution in [0, 0.1) is 11.8 Å². The number of aromatic nitrogens is 2. The molecule has 8 heteroatoms. The number of ether oxygens (including phenoxy) is 3. The molecule has 2 atom stereocenters. The van der Waals surface area contributed by atoms with Gasteiger partial charge in [0.25, 0.3) is 0 Å². The molecule has 1 aliphatic rings. The zero-order valence-corrected chi connectivity index (χ0v) is 20.8. The SMILES string of the molecule is CCOC(=O)[C@@H]1C(=O)N(CCOC)c2nc3ccccc3n2[C@H]1c1ccc(OCCC(C)C)cc1.